The van der Waals surface area contributed by atoms with Gasteiger partial charge in [-0.3, -0.25) is 4.99 Å². The molecule has 1 heterocycles. The van der Waals surface area contributed by atoms with E-state index in [2.05, 4.69) is 19.9 Å². The highest BCUT2D eigenvalue weighted by molar-refractivity contribution is 14.0. The quantitative estimate of drug-likeness (QED) is 0.201. The first kappa shape index (κ1) is 26.6. The van der Waals surface area contributed by atoms with E-state index in [1.165, 1.54) is 7.11 Å². The van der Waals surface area contributed by atoms with Gasteiger partial charge < -0.3 is 29.2 Å². The van der Waals surface area contributed by atoms with Gasteiger partial charge in [-0.25, -0.2) is 0 Å². The number of nitrogens with zero attached hydrogens (tertiary/aromatic N) is 2. The van der Waals surface area contributed by atoms with Crippen LogP contribution in [0.2, 0.25) is 0 Å². The molecule has 1 N–H and O–H groups in total. The van der Waals surface area contributed by atoms with Crippen LogP contribution in [0.3, 0.4) is 0 Å². The first-order valence-corrected chi connectivity index (χ1v) is 9.71. The van der Waals surface area contributed by atoms with E-state index in [4.69, 9.17) is 14.2 Å². The Balaban J connectivity index is 0.00000450. The van der Waals surface area contributed by atoms with Gasteiger partial charge in [0.1, 0.15) is 0 Å². The highest BCUT2D eigenvalue weighted by atomic mass is 127. The monoisotopic (exact) mass is 543 g/mol. The van der Waals surface area contributed by atoms with Crippen molar-refractivity contribution in [1.82, 2.24) is 10.2 Å². The Kier molecular flexibility index (Phi) is 12.9. The van der Waals surface area contributed by atoms with Crippen LogP contribution in [0.1, 0.15) is 12.0 Å². The first-order chi connectivity index (χ1) is 14.1. The van der Waals surface area contributed by atoms with E-state index in [9.17, 15) is 8.78 Å². The van der Waals surface area contributed by atoms with Crippen molar-refractivity contribution in [3.63, 3.8) is 0 Å². The summed E-state index contributed by atoms with van der Waals surface area (Å²) in [7, 11) is 4.84. The molecule has 7 nitrogen and oxygen atoms in total. The molecule has 0 spiro atoms. The third-order valence-electron chi connectivity index (χ3n) is 4.72. The van der Waals surface area contributed by atoms with Gasteiger partial charge in [-0.1, -0.05) is 6.07 Å². The molecule has 0 bridgehead atoms. The second-order valence-electron chi connectivity index (χ2n) is 6.76. The Morgan fingerprint density at radius 3 is 2.73 bits per heavy atom. The summed E-state index contributed by atoms with van der Waals surface area (Å²) in [5.74, 6) is 1.64. The lowest BCUT2D eigenvalue weighted by Gasteiger charge is -2.22. The second-order valence-corrected chi connectivity index (χ2v) is 6.76. The number of guanidine groups is 1. The molecule has 0 aromatic heterocycles. The molecule has 1 atom stereocenters. The number of rotatable bonds is 11. The molecule has 0 aliphatic carbocycles. The summed E-state index contributed by atoms with van der Waals surface area (Å²) in [4.78, 5) is 6.57. The molecule has 2 rings (SSSR count). The minimum Gasteiger partial charge on any atom is -0.493 e. The third-order valence-corrected chi connectivity index (χ3v) is 4.72. The maximum atomic E-state index is 12.6. The average Bonchev–Trinajstić information content (AvgIpc) is 3.17. The Morgan fingerprint density at radius 2 is 2.07 bits per heavy atom. The van der Waals surface area contributed by atoms with Gasteiger partial charge in [0.2, 0.25) is 0 Å². The maximum Gasteiger partial charge on any atom is 0.387 e. The van der Waals surface area contributed by atoms with Crippen molar-refractivity contribution in [1.29, 1.82) is 0 Å². The van der Waals surface area contributed by atoms with Crippen LogP contribution in [0.4, 0.5) is 8.78 Å². The molecular formula is C20H32F2IN3O4. The molecule has 1 aromatic carbocycles. The fourth-order valence-electron chi connectivity index (χ4n) is 3.27. The van der Waals surface area contributed by atoms with E-state index < -0.39 is 6.61 Å². The van der Waals surface area contributed by atoms with Crippen molar-refractivity contribution in [2.24, 2.45) is 10.9 Å². The second kappa shape index (κ2) is 14.6. The van der Waals surface area contributed by atoms with Crippen molar-refractivity contribution in [3.8, 4) is 11.5 Å². The topological polar surface area (TPSA) is 64.6 Å². The SMILES string of the molecule is CN=C(NCCc1ccc(OC)c(OC(F)F)c1)N1CCC(COCCOC)C1.I. The molecule has 10 heteroatoms. The van der Waals surface area contributed by atoms with E-state index in [0.717, 1.165) is 37.6 Å². The number of ether oxygens (including phenoxy) is 4. The summed E-state index contributed by atoms with van der Waals surface area (Å²) in [5.41, 5.74) is 0.871. The molecule has 1 fully saturated rings. The smallest absolute Gasteiger partial charge is 0.387 e. The van der Waals surface area contributed by atoms with Crippen LogP contribution in [-0.2, 0) is 15.9 Å². The van der Waals surface area contributed by atoms with E-state index >= 15 is 0 Å². The number of hydrogen-bond donors (Lipinski definition) is 1. The predicted octanol–water partition coefficient (Wildman–Crippen LogP) is 3.02. The van der Waals surface area contributed by atoms with Crippen molar-refractivity contribution < 1.29 is 27.7 Å². The average molecular weight is 543 g/mol. The van der Waals surface area contributed by atoms with Crippen LogP contribution in [0.15, 0.2) is 23.2 Å². The van der Waals surface area contributed by atoms with Crippen LogP contribution >= 0.6 is 24.0 Å². The van der Waals surface area contributed by atoms with Crippen LogP contribution in [0.5, 0.6) is 11.5 Å². The molecule has 30 heavy (non-hydrogen) atoms. The number of benzene rings is 1. The Hall–Kier alpha value is -1.40. The van der Waals surface area contributed by atoms with Gasteiger partial charge in [0.05, 0.1) is 26.9 Å². The number of nitrogens with one attached hydrogen (secondary N) is 1. The molecule has 0 radical (unpaired) electrons. The molecule has 1 saturated heterocycles. The van der Waals surface area contributed by atoms with Crippen molar-refractivity contribution in [2.45, 2.75) is 19.5 Å². The van der Waals surface area contributed by atoms with Gasteiger partial charge in [0.25, 0.3) is 0 Å². The minimum absolute atomic E-state index is 0. The molecular weight excluding hydrogens is 511 g/mol. The van der Waals surface area contributed by atoms with E-state index in [-0.39, 0.29) is 35.5 Å². The van der Waals surface area contributed by atoms with Crippen LogP contribution in [0.25, 0.3) is 0 Å². The zero-order valence-corrected chi connectivity index (χ0v) is 20.1. The fraction of sp³-hybridized carbons (Fsp3) is 0.650. The predicted molar refractivity (Wildman–Crippen MR) is 122 cm³/mol. The highest BCUT2D eigenvalue weighted by Gasteiger charge is 2.24. The largest absolute Gasteiger partial charge is 0.493 e. The number of aliphatic imine (C=N–C) groups is 1. The molecule has 1 aromatic rings. The van der Waals surface area contributed by atoms with Crippen molar-refractivity contribution >= 4 is 29.9 Å². The van der Waals surface area contributed by atoms with E-state index in [0.29, 0.717) is 32.1 Å². The Morgan fingerprint density at radius 1 is 1.27 bits per heavy atom. The Bertz CT molecular complexity index is 652. The minimum atomic E-state index is -2.89. The number of methoxy groups -OCH3 is 2. The van der Waals surface area contributed by atoms with Gasteiger partial charge >= 0.3 is 6.61 Å². The highest BCUT2D eigenvalue weighted by Crippen LogP contribution is 2.29. The lowest BCUT2D eigenvalue weighted by Crippen LogP contribution is -2.41. The zero-order valence-electron chi connectivity index (χ0n) is 17.7. The molecule has 0 saturated carbocycles. The van der Waals surface area contributed by atoms with Crippen LogP contribution in [0, 0.1) is 5.92 Å². The summed E-state index contributed by atoms with van der Waals surface area (Å²) in [6.45, 7) is 1.48. The summed E-state index contributed by atoms with van der Waals surface area (Å²) in [5, 5.41) is 3.34. The molecule has 1 aliphatic heterocycles. The van der Waals surface area contributed by atoms with E-state index in [1.54, 1.807) is 26.3 Å². The zero-order chi connectivity index (χ0) is 21.1. The number of likely N-dealkylation sites (tertiary alicyclic amines) is 1. The standard InChI is InChI=1S/C20H31F2N3O4.HI/c1-23-20(25-9-7-16(13-25)14-28-11-10-26-2)24-8-6-15-4-5-17(27-3)18(12-15)29-19(21)22;/h4-5,12,16,19H,6-11,13-14H2,1-3H3,(H,23,24);1H. The summed E-state index contributed by atoms with van der Waals surface area (Å²) in [6.07, 6.45) is 1.69. The summed E-state index contributed by atoms with van der Waals surface area (Å²) >= 11 is 0. The number of halogens is 3. The normalized spacial score (nSPS) is 16.5. The third kappa shape index (κ3) is 8.76. The number of hydrogen-bond acceptors (Lipinski definition) is 5. The van der Waals surface area contributed by atoms with E-state index in [1.807, 2.05) is 6.07 Å². The molecule has 1 aliphatic rings. The number of alkyl halides is 2. The Labute approximate surface area is 194 Å². The first-order valence-electron chi connectivity index (χ1n) is 9.71. The van der Waals surface area contributed by atoms with Gasteiger partial charge in [0.15, 0.2) is 17.5 Å². The van der Waals surface area contributed by atoms with Gasteiger partial charge in [0, 0.05) is 39.7 Å². The van der Waals surface area contributed by atoms with Crippen LogP contribution < -0.4 is 14.8 Å². The van der Waals surface area contributed by atoms with Gasteiger partial charge in [-0.15, -0.1) is 24.0 Å². The van der Waals surface area contributed by atoms with Crippen molar-refractivity contribution in [2.75, 3.05) is 60.7 Å². The van der Waals surface area contributed by atoms with Crippen LogP contribution in [-0.4, -0.2) is 78.2 Å². The lowest BCUT2D eigenvalue weighted by atomic mass is 10.1. The summed E-state index contributed by atoms with van der Waals surface area (Å²) < 4.78 is 45.3. The van der Waals surface area contributed by atoms with Gasteiger partial charge in [-0.2, -0.15) is 8.78 Å². The summed E-state index contributed by atoms with van der Waals surface area (Å²) in [6, 6.07) is 5.06. The maximum absolute atomic E-state index is 12.6. The molecule has 0 amide bonds. The van der Waals surface area contributed by atoms with Gasteiger partial charge in [-0.05, 0) is 30.5 Å². The fourth-order valence-corrected chi connectivity index (χ4v) is 3.27. The molecule has 1 unspecified atom stereocenters. The lowest BCUT2D eigenvalue weighted by molar-refractivity contribution is -0.0512. The molecule has 172 valence electrons. The van der Waals surface area contributed by atoms with Crippen molar-refractivity contribution in [3.05, 3.63) is 23.8 Å².